The Labute approximate surface area is 106 Å². The average molecular weight is 311 g/mol. The molecule has 0 amide bonds. The molecule has 2 rings (SSSR count). The van der Waals surface area contributed by atoms with Gasteiger partial charge >= 0.3 is 0 Å². The topological polar surface area (TPSA) is 43.4 Å². The number of sulfone groups is 1. The van der Waals surface area contributed by atoms with E-state index in [2.05, 4.69) is 22.9 Å². The fourth-order valence-corrected chi connectivity index (χ4v) is 5.92. The molecular weight excluding hydrogens is 292 g/mol. The first-order chi connectivity index (χ1) is 7.46. The van der Waals surface area contributed by atoms with E-state index in [4.69, 9.17) is 4.74 Å². The van der Waals surface area contributed by atoms with Crippen LogP contribution in [0.25, 0.3) is 0 Å². The van der Waals surface area contributed by atoms with Crippen molar-refractivity contribution >= 4 is 25.8 Å². The van der Waals surface area contributed by atoms with E-state index in [1.165, 1.54) is 12.8 Å². The molecule has 0 aromatic carbocycles. The van der Waals surface area contributed by atoms with Crippen molar-refractivity contribution in [1.82, 2.24) is 0 Å². The quantitative estimate of drug-likeness (QED) is 0.734. The number of hydrogen-bond donors (Lipinski definition) is 0. The zero-order valence-corrected chi connectivity index (χ0v) is 12.0. The first-order valence-corrected chi connectivity index (χ1v) is 8.70. The van der Waals surface area contributed by atoms with Crippen molar-refractivity contribution < 1.29 is 13.2 Å². The molecule has 2 fully saturated rings. The zero-order chi connectivity index (χ0) is 11.8. The van der Waals surface area contributed by atoms with Crippen molar-refractivity contribution in [2.45, 2.75) is 49.6 Å². The van der Waals surface area contributed by atoms with Crippen LogP contribution in [0.4, 0.5) is 0 Å². The fourth-order valence-electron chi connectivity index (χ4n) is 2.51. The van der Waals surface area contributed by atoms with E-state index >= 15 is 0 Å². The third-order valence-corrected chi connectivity index (χ3v) is 6.61. The molecule has 1 saturated carbocycles. The maximum Gasteiger partial charge on any atom is 0.154 e. The third kappa shape index (κ3) is 3.20. The van der Waals surface area contributed by atoms with Crippen LogP contribution in [0.2, 0.25) is 0 Å². The van der Waals surface area contributed by atoms with Gasteiger partial charge in [-0.05, 0) is 31.6 Å². The van der Waals surface area contributed by atoms with Gasteiger partial charge in [0.25, 0.3) is 0 Å². The van der Waals surface area contributed by atoms with Crippen LogP contribution in [0.15, 0.2) is 0 Å². The van der Waals surface area contributed by atoms with Crippen molar-refractivity contribution in [3.63, 3.8) is 0 Å². The highest BCUT2D eigenvalue weighted by Crippen LogP contribution is 2.30. The average Bonchev–Trinajstić information content (AvgIpc) is 2.44. The Balaban J connectivity index is 1.86. The van der Waals surface area contributed by atoms with Crippen molar-refractivity contribution in [2.24, 2.45) is 5.92 Å². The summed E-state index contributed by atoms with van der Waals surface area (Å²) in [5.74, 6) is 1.21. The van der Waals surface area contributed by atoms with Crippen LogP contribution in [0, 0.1) is 5.92 Å². The fraction of sp³-hybridized carbons (Fsp3) is 1.00. The molecule has 0 spiro atoms. The summed E-state index contributed by atoms with van der Waals surface area (Å²) in [4.78, 5) is -0.0168. The number of halogens is 1. The maximum atomic E-state index is 11.4. The second-order valence-electron chi connectivity index (χ2n) is 5.15. The molecular formula is C11H19BrO3S. The van der Waals surface area contributed by atoms with E-state index in [0.29, 0.717) is 0 Å². The number of hydrogen-bond acceptors (Lipinski definition) is 3. The van der Waals surface area contributed by atoms with E-state index in [1.54, 1.807) is 0 Å². The Morgan fingerprint density at radius 2 is 1.75 bits per heavy atom. The van der Waals surface area contributed by atoms with Crippen LogP contribution in [-0.4, -0.2) is 37.0 Å². The maximum absolute atomic E-state index is 11.4. The van der Waals surface area contributed by atoms with Gasteiger partial charge in [0.15, 0.2) is 9.84 Å². The van der Waals surface area contributed by atoms with Gasteiger partial charge in [-0.2, -0.15) is 0 Å². The minimum atomic E-state index is -2.88. The first kappa shape index (κ1) is 12.8. The Bertz CT molecular complexity index is 333. The summed E-state index contributed by atoms with van der Waals surface area (Å²) in [7, 11) is -2.88. The van der Waals surface area contributed by atoms with E-state index < -0.39 is 9.84 Å². The van der Waals surface area contributed by atoms with Crippen molar-refractivity contribution in [1.29, 1.82) is 0 Å². The highest BCUT2D eigenvalue weighted by Gasteiger charge is 2.38. The van der Waals surface area contributed by atoms with Crippen molar-refractivity contribution in [3.05, 3.63) is 0 Å². The Kier molecular flexibility index (Phi) is 3.97. The summed E-state index contributed by atoms with van der Waals surface area (Å²) in [5, 5.41) is 0. The van der Waals surface area contributed by atoms with Crippen molar-refractivity contribution in [3.8, 4) is 0 Å². The lowest BCUT2D eigenvalue weighted by molar-refractivity contribution is -0.0202. The largest absolute Gasteiger partial charge is 0.373 e. The van der Waals surface area contributed by atoms with Gasteiger partial charge < -0.3 is 4.74 Å². The second kappa shape index (κ2) is 4.94. The van der Waals surface area contributed by atoms with Crippen LogP contribution in [-0.2, 0) is 14.6 Å². The van der Waals surface area contributed by atoms with Gasteiger partial charge in [0, 0.05) is 0 Å². The molecule has 0 bridgehead atoms. The van der Waals surface area contributed by atoms with E-state index in [1.807, 2.05) is 0 Å². The molecule has 1 aliphatic carbocycles. The Morgan fingerprint density at radius 1 is 1.12 bits per heavy atom. The van der Waals surface area contributed by atoms with Gasteiger partial charge in [0.05, 0.1) is 28.5 Å². The zero-order valence-electron chi connectivity index (χ0n) is 9.56. The van der Waals surface area contributed by atoms with Crippen LogP contribution < -0.4 is 0 Å². The lowest BCUT2D eigenvalue weighted by atomic mass is 9.89. The summed E-state index contributed by atoms with van der Waals surface area (Å²) >= 11 is 3.41. The van der Waals surface area contributed by atoms with Crippen LogP contribution in [0.3, 0.4) is 0 Å². The Morgan fingerprint density at radius 3 is 2.25 bits per heavy atom. The molecule has 1 saturated heterocycles. The first-order valence-electron chi connectivity index (χ1n) is 5.96. The molecule has 5 heteroatoms. The normalized spacial score (nSPS) is 43.4. The van der Waals surface area contributed by atoms with Gasteiger partial charge in [0.1, 0.15) is 0 Å². The summed E-state index contributed by atoms with van der Waals surface area (Å²) in [6, 6.07) is 0. The molecule has 2 aliphatic rings. The minimum absolute atomic E-state index is 0.0168. The number of alkyl halides is 1. The number of ether oxygens (including phenoxy) is 1. The molecule has 3 nitrogen and oxygen atoms in total. The van der Waals surface area contributed by atoms with Crippen LogP contribution in [0.1, 0.15) is 32.6 Å². The van der Waals surface area contributed by atoms with Gasteiger partial charge in [0.2, 0.25) is 0 Å². The highest BCUT2D eigenvalue weighted by molar-refractivity contribution is 9.09. The lowest BCUT2D eigenvalue weighted by Gasteiger charge is -2.29. The Hall–Kier alpha value is 0.390. The summed E-state index contributed by atoms with van der Waals surface area (Å²) < 4.78 is 28.8. The summed E-state index contributed by atoms with van der Waals surface area (Å²) in [5.41, 5.74) is 0. The van der Waals surface area contributed by atoms with Gasteiger partial charge in [-0.3, -0.25) is 0 Å². The monoisotopic (exact) mass is 310 g/mol. The standard InChI is InChI=1S/C11H19BrO3S/c1-8-2-4-9(5-3-8)15-11-7-16(13,14)6-10(11)12/h8-11H,2-7H2,1H3. The third-order valence-electron chi connectivity index (χ3n) is 3.56. The molecule has 1 aliphatic heterocycles. The molecule has 0 aromatic heterocycles. The summed E-state index contributed by atoms with van der Waals surface area (Å²) in [6.07, 6.45) is 4.71. The SMILES string of the molecule is CC1CCC(OC2CS(=O)(=O)CC2Br)CC1. The molecule has 1 heterocycles. The molecule has 0 aromatic rings. The van der Waals surface area contributed by atoms with Crippen molar-refractivity contribution in [2.75, 3.05) is 11.5 Å². The molecule has 0 N–H and O–H groups in total. The smallest absolute Gasteiger partial charge is 0.154 e. The summed E-state index contributed by atoms with van der Waals surface area (Å²) in [6.45, 7) is 2.27. The molecule has 0 radical (unpaired) electrons. The predicted octanol–water partition coefficient (Wildman–Crippen LogP) is 2.14. The van der Waals surface area contributed by atoms with Crippen LogP contribution >= 0.6 is 15.9 Å². The number of rotatable bonds is 2. The lowest BCUT2D eigenvalue weighted by Crippen LogP contribution is -2.31. The molecule has 94 valence electrons. The highest BCUT2D eigenvalue weighted by atomic mass is 79.9. The molecule has 2 unspecified atom stereocenters. The molecule has 2 atom stereocenters. The second-order valence-corrected chi connectivity index (χ2v) is 8.48. The minimum Gasteiger partial charge on any atom is -0.373 e. The van der Waals surface area contributed by atoms with Gasteiger partial charge in [-0.25, -0.2) is 8.42 Å². The van der Waals surface area contributed by atoms with E-state index in [-0.39, 0.29) is 28.5 Å². The predicted molar refractivity (Wildman–Crippen MR) is 67.7 cm³/mol. The van der Waals surface area contributed by atoms with Crippen LogP contribution in [0.5, 0.6) is 0 Å². The van der Waals surface area contributed by atoms with E-state index in [9.17, 15) is 8.42 Å². The van der Waals surface area contributed by atoms with Gasteiger partial charge in [-0.1, -0.05) is 22.9 Å². The van der Waals surface area contributed by atoms with E-state index in [0.717, 1.165) is 18.8 Å². The van der Waals surface area contributed by atoms with Gasteiger partial charge in [-0.15, -0.1) is 0 Å². The molecule has 16 heavy (non-hydrogen) atoms.